The summed E-state index contributed by atoms with van der Waals surface area (Å²) in [7, 11) is 0. The number of carbonyl (C=O) groups excluding carboxylic acids is 2. The van der Waals surface area contributed by atoms with Gasteiger partial charge in [-0.25, -0.2) is 4.79 Å². The Morgan fingerprint density at radius 2 is 1.83 bits per heavy atom. The van der Waals surface area contributed by atoms with Crippen molar-refractivity contribution in [3.63, 3.8) is 0 Å². The summed E-state index contributed by atoms with van der Waals surface area (Å²) in [5.74, 6) is 0.109. The molecule has 1 aromatic carbocycles. The van der Waals surface area contributed by atoms with E-state index in [-0.39, 0.29) is 6.61 Å². The molecular formula is C18H18N2O4. The maximum Gasteiger partial charge on any atom is 0.342 e. The lowest BCUT2D eigenvalue weighted by Gasteiger charge is -2.07. The number of nitriles is 1. The molecule has 0 spiro atoms. The van der Waals surface area contributed by atoms with E-state index in [4.69, 9.17) is 14.4 Å². The zero-order valence-corrected chi connectivity index (χ0v) is 13.8. The van der Waals surface area contributed by atoms with Crippen molar-refractivity contribution < 1.29 is 18.7 Å². The normalized spacial score (nSPS) is 10.1. The van der Waals surface area contributed by atoms with Gasteiger partial charge in [0.2, 0.25) is 0 Å². The number of nitrogens with zero attached hydrogens (tertiary/aromatic N) is 1. The summed E-state index contributed by atoms with van der Waals surface area (Å²) in [5.41, 5.74) is 2.51. The molecule has 0 atom stereocenters. The van der Waals surface area contributed by atoms with Crippen LogP contribution in [0.1, 0.15) is 33.0 Å². The predicted molar refractivity (Wildman–Crippen MR) is 87.6 cm³/mol. The van der Waals surface area contributed by atoms with Crippen LogP contribution in [-0.2, 0) is 16.0 Å². The number of nitrogens with one attached hydrogen (secondary N) is 1. The molecule has 124 valence electrons. The molecule has 0 bridgehead atoms. The number of esters is 1. The number of ether oxygens (including phenoxy) is 1. The van der Waals surface area contributed by atoms with Crippen molar-refractivity contribution in [2.75, 3.05) is 11.9 Å². The molecule has 2 aromatic rings. The predicted octanol–water partition coefficient (Wildman–Crippen LogP) is 3.07. The molecule has 1 amide bonds. The second kappa shape index (κ2) is 7.47. The molecule has 1 heterocycles. The third-order valence-electron chi connectivity index (χ3n) is 3.62. The van der Waals surface area contributed by atoms with E-state index in [2.05, 4.69) is 11.4 Å². The van der Waals surface area contributed by atoms with Crippen LogP contribution in [0.5, 0.6) is 0 Å². The van der Waals surface area contributed by atoms with Crippen molar-refractivity contribution in [1.82, 2.24) is 0 Å². The van der Waals surface area contributed by atoms with Gasteiger partial charge in [-0.1, -0.05) is 12.1 Å². The lowest BCUT2D eigenvalue weighted by atomic mass is 10.1. The molecule has 6 heteroatoms. The molecule has 0 aliphatic carbocycles. The minimum Gasteiger partial charge on any atom is -0.465 e. The number of aryl methyl sites for hydroxylation is 2. The zero-order valence-electron chi connectivity index (χ0n) is 13.8. The first-order chi connectivity index (χ1) is 11.4. The standard InChI is InChI=1S/C18H18N2O4/c1-11-12(2)24-13(3)17(11)18(22)23-10-16(21)20-15-6-4-14(5-7-15)8-9-19/h4-7H,8,10H2,1-3H3,(H,20,21). The Labute approximate surface area is 140 Å². The molecule has 2 rings (SSSR count). The summed E-state index contributed by atoms with van der Waals surface area (Å²) in [4.78, 5) is 24.0. The highest BCUT2D eigenvalue weighted by molar-refractivity contribution is 5.96. The fourth-order valence-electron chi connectivity index (χ4n) is 2.29. The summed E-state index contributed by atoms with van der Waals surface area (Å²) in [6.45, 7) is 4.83. The number of benzene rings is 1. The summed E-state index contributed by atoms with van der Waals surface area (Å²) in [6.07, 6.45) is 0.314. The lowest BCUT2D eigenvalue weighted by molar-refractivity contribution is -0.119. The second-order valence-corrected chi connectivity index (χ2v) is 5.37. The van der Waals surface area contributed by atoms with E-state index >= 15 is 0 Å². The smallest absolute Gasteiger partial charge is 0.342 e. The highest BCUT2D eigenvalue weighted by Crippen LogP contribution is 2.21. The van der Waals surface area contributed by atoms with Gasteiger partial charge in [0.1, 0.15) is 17.1 Å². The van der Waals surface area contributed by atoms with Crippen LogP contribution < -0.4 is 5.32 Å². The minimum atomic E-state index is -0.582. The summed E-state index contributed by atoms with van der Waals surface area (Å²) < 4.78 is 10.4. The average Bonchev–Trinajstić information content (AvgIpc) is 2.80. The van der Waals surface area contributed by atoms with Crippen LogP contribution >= 0.6 is 0 Å². The number of hydrogen-bond donors (Lipinski definition) is 1. The van der Waals surface area contributed by atoms with Gasteiger partial charge >= 0.3 is 5.97 Å². The van der Waals surface area contributed by atoms with Gasteiger partial charge in [0.15, 0.2) is 6.61 Å². The Morgan fingerprint density at radius 1 is 1.17 bits per heavy atom. The molecule has 0 aliphatic heterocycles. The number of hydrogen-bond acceptors (Lipinski definition) is 5. The van der Waals surface area contributed by atoms with E-state index in [0.717, 1.165) is 5.56 Å². The monoisotopic (exact) mass is 326 g/mol. The first kappa shape index (κ1) is 17.3. The summed E-state index contributed by atoms with van der Waals surface area (Å²) >= 11 is 0. The highest BCUT2D eigenvalue weighted by Gasteiger charge is 2.20. The number of carbonyl (C=O) groups is 2. The van der Waals surface area contributed by atoms with E-state index < -0.39 is 11.9 Å². The van der Waals surface area contributed by atoms with Crippen LogP contribution in [0.15, 0.2) is 28.7 Å². The number of rotatable bonds is 5. The van der Waals surface area contributed by atoms with Crippen LogP contribution in [-0.4, -0.2) is 18.5 Å². The Morgan fingerprint density at radius 3 is 2.38 bits per heavy atom. The quantitative estimate of drug-likeness (QED) is 0.852. The molecule has 0 saturated heterocycles. The molecule has 24 heavy (non-hydrogen) atoms. The Balaban J connectivity index is 1.91. The molecule has 0 saturated carbocycles. The van der Waals surface area contributed by atoms with Gasteiger partial charge in [0.25, 0.3) is 5.91 Å². The Bertz CT molecular complexity index is 798. The molecule has 1 aromatic heterocycles. The van der Waals surface area contributed by atoms with Crippen molar-refractivity contribution in [2.24, 2.45) is 0 Å². The fourth-order valence-corrected chi connectivity index (χ4v) is 2.29. The van der Waals surface area contributed by atoms with Crippen molar-refractivity contribution in [2.45, 2.75) is 27.2 Å². The third kappa shape index (κ3) is 4.02. The van der Waals surface area contributed by atoms with Gasteiger partial charge in [0.05, 0.1) is 12.5 Å². The highest BCUT2D eigenvalue weighted by atomic mass is 16.5. The van der Waals surface area contributed by atoms with Gasteiger partial charge < -0.3 is 14.5 Å². The van der Waals surface area contributed by atoms with Crippen molar-refractivity contribution in [1.29, 1.82) is 5.26 Å². The van der Waals surface area contributed by atoms with Crippen molar-refractivity contribution in [3.05, 3.63) is 52.5 Å². The number of anilines is 1. The van der Waals surface area contributed by atoms with Crippen LogP contribution in [0.25, 0.3) is 0 Å². The van der Waals surface area contributed by atoms with Gasteiger partial charge in [-0.2, -0.15) is 5.26 Å². The molecular weight excluding hydrogens is 308 g/mol. The van der Waals surface area contributed by atoms with Gasteiger partial charge in [0, 0.05) is 11.3 Å². The van der Waals surface area contributed by atoms with E-state index in [0.29, 0.717) is 34.8 Å². The maximum atomic E-state index is 12.1. The third-order valence-corrected chi connectivity index (χ3v) is 3.62. The molecule has 0 aliphatic rings. The zero-order chi connectivity index (χ0) is 17.7. The summed E-state index contributed by atoms with van der Waals surface area (Å²) in [6, 6.07) is 8.95. The first-order valence-electron chi connectivity index (χ1n) is 7.41. The molecule has 0 radical (unpaired) electrons. The average molecular weight is 326 g/mol. The van der Waals surface area contributed by atoms with Gasteiger partial charge in [-0.3, -0.25) is 4.79 Å². The maximum absolute atomic E-state index is 12.1. The van der Waals surface area contributed by atoms with E-state index in [1.54, 1.807) is 45.0 Å². The van der Waals surface area contributed by atoms with E-state index in [9.17, 15) is 9.59 Å². The second-order valence-electron chi connectivity index (χ2n) is 5.37. The van der Waals surface area contributed by atoms with Crippen molar-refractivity contribution in [3.8, 4) is 6.07 Å². The molecule has 1 N–H and O–H groups in total. The van der Waals surface area contributed by atoms with E-state index in [1.807, 2.05) is 0 Å². The SMILES string of the molecule is Cc1oc(C)c(C(=O)OCC(=O)Nc2ccc(CC#N)cc2)c1C. The van der Waals surface area contributed by atoms with Gasteiger partial charge in [-0.15, -0.1) is 0 Å². The molecule has 6 nitrogen and oxygen atoms in total. The Hall–Kier alpha value is -3.07. The van der Waals surface area contributed by atoms with Crippen LogP contribution in [0, 0.1) is 32.1 Å². The minimum absolute atomic E-state index is 0.314. The first-order valence-corrected chi connectivity index (χ1v) is 7.41. The lowest BCUT2D eigenvalue weighted by Crippen LogP contribution is -2.21. The van der Waals surface area contributed by atoms with Crippen LogP contribution in [0.2, 0.25) is 0 Å². The van der Waals surface area contributed by atoms with Gasteiger partial charge in [-0.05, 0) is 38.5 Å². The Kier molecular flexibility index (Phi) is 5.38. The summed E-state index contributed by atoms with van der Waals surface area (Å²) in [5, 5.41) is 11.2. The van der Waals surface area contributed by atoms with Crippen molar-refractivity contribution >= 4 is 17.6 Å². The largest absolute Gasteiger partial charge is 0.465 e. The topological polar surface area (TPSA) is 92.3 Å². The number of amides is 1. The molecule has 0 unspecified atom stereocenters. The van der Waals surface area contributed by atoms with Crippen LogP contribution in [0.3, 0.4) is 0 Å². The number of furan rings is 1. The van der Waals surface area contributed by atoms with Crippen LogP contribution in [0.4, 0.5) is 5.69 Å². The van der Waals surface area contributed by atoms with E-state index in [1.165, 1.54) is 0 Å². The fraction of sp³-hybridized carbons (Fsp3) is 0.278. The molecule has 0 fully saturated rings.